The number of esters is 1. The van der Waals surface area contributed by atoms with E-state index in [1.807, 2.05) is 13.8 Å². The molecule has 88 valence electrons. The minimum Gasteiger partial charge on any atom is -0.464 e. The van der Waals surface area contributed by atoms with Gasteiger partial charge < -0.3 is 9.47 Å². The fourth-order valence-electron chi connectivity index (χ4n) is 2.36. The smallest absolute Gasteiger partial charge is 0.341 e. The predicted molar refractivity (Wildman–Crippen MR) is 58.7 cm³/mol. The number of rotatable bonds is 6. The van der Waals surface area contributed by atoms with Crippen molar-refractivity contribution in [3.05, 3.63) is 0 Å². The highest BCUT2D eigenvalue weighted by molar-refractivity contribution is 5.84. The van der Waals surface area contributed by atoms with Crippen LogP contribution >= 0.6 is 0 Å². The largest absolute Gasteiger partial charge is 0.464 e. The Hall–Kier alpha value is -0.570. The van der Waals surface area contributed by atoms with E-state index in [0.717, 1.165) is 25.7 Å². The van der Waals surface area contributed by atoms with Crippen LogP contribution < -0.4 is 0 Å². The molecule has 1 saturated heterocycles. The SMILES string of the molecule is CCCC1(C)OC1(CCC)C(=O)OCC. The Morgan fingerprint density at radius 3 is 2.27 bits per heavy atom. The Morgan fingerprint density at radius 1 is 1.20 bits per heavy atom. The molecule has 1 heterocycles. The number of hydrogen-bond donors (Lipinski definition) is 0. The predicted octanol–water partition coefficient (Wildman–Crippen LogP) is 2.68. The van der Waals surface area contributed by atoms with E-state index in [9.17, 15) is 4.79 Å². The number of ether oxygens (including phenoxy) is 2. The molecule has 0 N–H and O–H groups in total. The lowest BCUT2D eigenvalue weighted by atomic mass is 9.87. The Balaban J connectivity index is 2.71. The Labute approximate surface area is 92.1 Å². The van der Waals surface area contributed by atoms with E-state index < -0.39 is 5.60 Å². The summed E-state index contributed by atoms with van der Waals surface area (Å²) in [4.78, 5) is 11.9. The topological polar surface area (TPSA) is 38.8 Å². The van der Waals surface area contributed by atoms with Crippen LogP contribution in [0.2, 0.25) is 0 Å². The van der Waals surface area contributed by atoms with E-state index in [0.29, 0.717) is 6.61 Å². The van der Waals surface area contributed by atoms with Gasteiger partial charge in [-0.2, -0.15) is 0 Å². The number of hydrogen-bond acceptors (Lipinski definition) is 3. The van der Waals surface area contributed by atoms with Gasteiger partial charge in [0.25, 0.3) is 0 Å². The number of epoxide rings is 1. The van der Waals surface area contributed by atoms with Crippen molar-refractivity contribution in [3.63, 3.8) is 0 Å². The average Bonchev–Trinajstić information content (AvgIpc) is 2.74. The van der Waals surface area contributed by atoms with Crippen LogP contribution in [0.25, 0.3) is 0 Å². The summed E-state index contributed by atoms with van der Waals surface area (Å²) >= 11 is 0. The summed E-state index contributed by atoms with van der Waals surface area (Å²) in [6.07, 6.45) is 3.66. The maximum atomic E-state index is 11.9. The Bertz CT molecular complexity index is 239. The Kier molecular flexibility index (Phi) is 3.77. The minimum atomic E-state index is -0.645. The molecule has 0 amide bonds. The van der Waals surface area contributed by atoms with Gasteiger partial charge in [0.05, 0.1) is 6.61 Å². The summed E-state index contributed by atoms with van der Waals surface area (Å²) in [5, 5.41) is 0. The van der Waals surface area contributed by atoms with Gasteiger partial charge in [-0.15, -0.1) is 0 Å². The fourth-order valence-corrected chi connectivity index (χ4v) is 2.36. The molecule has 0 aromatic heterocycles. The van der Waals surface area contributed by atoms with Crippen molar-refractivity contribution in [2.45, 2.75) is 64.6 Å². The molecule has 15 heavy (non-hydrogen) atoms. The second-order valence-electron chi connectivity index (χ2n) is 4.38. The molecule has 3 nitrogen and oxygen atoms in total. The molecule has 0 aromatic rings. The van der Waals surface area contributed by atoms with Crippen LogP contribution in [0.3, 0.4) is 0 Å². The zero-order valence-electron chi connectivity index (χ0n) is 10.3. The molecule has 0 bridgehead atoms. The van der Waals surface area contributed by atoms with E-state index in [2.05, 4.69) is 13.8 Å². The number of carbonyl (C=O) groups excluding carboxylic acids is 1. The molecular weight excluding hydrogens is 192 g/mol. The van der Waals surface area contributed by atoms with Gasteiger partial charge in [-0.1, -0.05) is 26.7 Å². The quantitative estimate of drug-likeness (QED) is 0.504. The zero-order chi connectivity index (χ0) is 11.5. The van der Waals surface area contributed by atoms with Crippen molar-refractivity contribution >= 4 is 5.97 Å². The van der Waals surface area contributed by atoms with Crippen molar-refractivity contribution < 1.29 is 14.3 Å². The normalized spacial score (nSPS) is 33.9. The lowest BCUT2D eigenvalue weighted by Crippen LogP contribution is -2.34. The van der Waals surface area contributed by atoms with Crippen LogP contribution in [0.5, 0.6) is 0 Å². The van der Waals surface area contributed by atoms with Gasteiger partial charge in [0, 0.05) is 0 Å². The van der Waals surface area contributed by atoms with Crippen molar-refractivity contribution in [1.82, 2.24) is 0 Å². The molecule has 0 aromatic carbocycles. The molecule has 2 atom stereocenters. The van der Waals surface area contributed by atoms with E-state index in [4.69, 9.17) is 9.47 Å². The van der Waals surface area contributed by atoms with E-state index >= 15 is 0 Å². The third-order valence-electron chi connectivity index (χ3n) is 3.15. The molecule has 1 aliphatic heterocycles. The van der Waals surface area contributed by atoms with Gasteiger partial charge in [0.15, 0.2) is 5.60 Å². The highest BCUT2D eigenvalue weighted by atomic mass is 16.7. The highest BCUT2D eigenvalue weighted by Crippen LogP contribution is 2.54. The molecule has 0 saturated carbocycles. The summed E-state index contributed by atoms with van der Waals surface area (Å²) in [6.45, 7) is 8.44. The molecule has 3 heteroatoms. The highest BCUT2D eigenvalue weighted by Gasteiger charge is 2.71. The molecule has 1 fully saturated rings. The Morgan fingerprint density at radius 2 is 1.80 bits per heavy atom. The number of carbonyl (C=O) groups is 1. The van der Waals surface area contributed by atoms with E-state index in [1.165, 1.54) is 0 Å². The second kappa shape index (κ2) is 4.52. The van der Waals surface area contributed by atoms with Crippen molar-refractivity contribution in [1.29, 1.82) is 0 Å². The first kappa shape index (κ1) is 12.5. The lowest BCUT2D eigenvalue weighted by Gasteiger charge is -2.14. The van der Waals surface area contributed by atoms with Gasteiger partial charge in [0.1, 0.15) is 5.60 Å². The summed E-state index contributed by atoms with van der Waals surface area (Å²) < 4.78 is 10.8. The summed E-state index contributed by atoms with van der Waals surface area (Å²) in [7, 11) is 0. The molecule has 1 aliphatic rings. The summed E-state index contributed by atoms with van der Waals surface area (Å²) in [5.74, 6) is -0.178. The summed E-state index contributed by atoms with van der Waals surface area (Å²) in [6, 6.07) is 0. The van der Waals surface area contributed by atoms with Gasteiger partial charge in [-0.3, -0.25) is 0 Å². The van der Waals surface area contributed by atoms with Crippen molar-refractivity contribution in [2.75, 3.05) is 6.61 Å². The molecule has 1 rings (SSSR count). The van der Waals surface area contributed by atoms with Crippen molar-refractivity contribution in [3.8, 4) is 0 Å². The third kappa shape index (κ3) is 2.03. The molecule has 0 radical (unpaired) electrons. The molecular formula is C12H22O3. The molecule has 0 aliphatic carbocycles. The molecule has 2 unspecified atom stereocenters. The van der Waals surface area contributed by atoms with Crippen LogP contribution in [0.15, 0.2) is 0 Å². The van der Waals surface area contributed by atoms with Gasteiger partial charge in [-0.25, -0.2) is 4.79 Å². The average molecular weight is 214 g/mol. The first-order chi connectivity index (χ1) is 7.06. The van der Waals surface area contributed by atoms with Crippen LogP contribution in [0.1, 0.15) is 53.4 Å². The maximum Gasteiger partial charge on any atom is 0.341 e. The monoisotopic (exact) mass is 214 g/mol. The standard InChI is InChI=1S/C12H22O3/c1-5-8-11(4)12(15-11,9-6-2)10(13)14-7-3/h5-9H2,1-4H3. The van der Waals surface area contributed by atoms with Crippen molar-refractivity contribution in [2.24, 2.45) is 0 Å². The summed E-state index contributed by atoms with van der Waals surface area (Å²) in [5.41, 5.74) is -0.933. The zero-order valence-corrected chi connectivity index (χ0v) is 10.3. The first-order valence-electron chi connectivity index (χ1n) is 5.93. The maximum absolute atomic E-state index is 11.9. The fraction of sp³-hybridized carbons (Fsp3) is 0.917. The van der Waals surface area contributed by atoms with Crippen LogP contribution in [-0.4, -0.2) is 23.8 Å². The molecule has 0 spiro atoms. The second-order valence-corrected chi connectivity index (χ2v) is 4.38. The van der Waals surface area contributed by atoms with Crippen LogP contribution in [0.4, 0.5) is 0 Å². The minimum absolute atomic E-state index is 0.178. The van der Waals surface area contributed by atoms with Crippen LogP contribution in [-0.2, 0) is 14.3 Å². The van der Waals surface area contributed by atoms with Gasteiger partial charge in [-0.05, 0) is 26.7 Å². The van der Waals surface area contributed by atoms with E-state index in [1.54, 1.807) is 0 Å². The lowest BCUT2D eigenvalue weighted by molar-refractivity contribution is -0.149. The first-order valence-corrected chi connectivity index (χ1v) is 5.93. The third-order valence-corrected chi connectivity index (χ3v) is 3.15. The van der Waals surface area contributed by atoms with Gasteiger partial charge in [0.2, 0.25) is 0 Å². The van der Waals surface area contributed by atoms with E-state index in [-0.39, 0.29) is 11.6 Å². The van der Waals surface area contributed by atoms with Gasteiger partial charge >= 0.3 is 5.97 Å². The van der Waals surface area contributed by atoms with Crippen LogP contribution in [0, 0.1) is 0 Å².